The number of nitro groups is 1. The zero-order valence-corrected chi connectivity index (χ0v) is 10.8. The number of benzene rings is 1. The number of halogens is 1. The van der Waals surface area contributed by atoms with E-state index in [0.29, 0.717) is 0 Å². The molecule has 0 saturated heterocycles. The number of carbonyl (C=O) groups excluding carboxylic acids is 1. The van der Waals surface area contributed by atoms with E-state index in [1.807, 2.05) is 0 Å². The van der Waals surface area contributed by atoms with Gasteiger partial charge in [-0.3, -0.25) is 14.9 Å². The van der Waals surface area contributed by atoms with Gasteiger partial charge in [0.25, 0.3) is 0 Å². The van der Waals surface area contributed by atoms with E-state index < -0.39 is 28.6 Å². The molecule has 19 heavy (non-hydrogen) atoms. The maximum absolute atomic E-state index is 13.3. The molecule has 104 valence electrons. The van der Waals surface area contributed by atoms with Crippen molar-refractivity contribution in [1.29, 1.82) is 0 Å². The molecule has 0 aromatic heterocycles. The van der Waals surface area contributed by atoms with Crippen LogP contribution in [0.4, 0.5) is 10.1 Å². The van der Waals surface area contributed by atoms with E-state index in [4.69, 9.17) is 0 Å². The molecule has 1 rings (SSSR count). The topological polar surface area (TPSA) is 101 Å². The Morgan fingerprint density at radius 1 is 1.53 bits per heavy atom. The van der Waals surface area contributed by atoms with Crippen LogP contribution in [0.2, 0.25) is 0 Å². The average Bonchev–Trinajstić information content (AvgIpc) is 2.34. The highest BCUT2D eigenvalue weighted by molar-refractivity contribution is 8.13. The van der Waals surface area contributed by atoms with Gasteiger partial charge in [-0.1, -0.05) is 17.8 Å². The quantitative estimate of drug-likeness (QED) is 0.628. The number of hydrogen-bond acceptors (Lipinski definition) is 6. The molecule has 0 aliphatic rings. The maximum atomic E-state index is 13.3. The van der Waals surface area contributed by atoms with E-state index in [2.05, 4.69) is 0 Å². The summed E-state index contributed by atoms with van der Waals surface area (Å²) in [5.74, 6) is -1.22. The molecule has 2 N–H and O–H groups in total. The predicted molar refractivity (Wildman–Crippen MR) is 67.2 cm³/mol. The summed E-state index contributed by atoms with van der Waals surface area (Å²) < 4.78 is 13.3. The van der Waals surface area contributed by atoms with Gasteiger partial charge in [-0.05, 0) is 12.1 Å². The van der Waals surface area contributed by atoms with Crippen LogP contribution in [0.3, 0.4) is 0 Å². The first-order chi connectivity index (χ1) is 8.84. The monoisotopic (exact) mass is 289 g/mol. The summed E-state index contributed by atoms with van der Waals surface area (Å²) in [6.45, 7) is 1.29. The summed E-state index contributed by atoms with van der Waals surface area (Å²) in [5, 5.41) is 29.9. The average molecular weight is 289 g/mol. The Hall–Kier alpha value is -1.51. The minimum atomic E-state index is -1.64. The number of hydrogen-bond donors (Lipinski definition) is 2. The Morgan fingerprint density at radius 3 is 2.68 bits per heavy atom. The number of para-hydroxylation sites is 1. The second-order valence-corrected chi connectivity index (χ2v) is 4.95. The van der Waals surface area contributed by atoms with Crippen LogP contribution in [0.5, 0.6) is 0 Å². The zero-order valence-electron chi connectivity index (χ0n) is 9.95. The predicted octanol–water partition coefficient (Wildman–Crippen LogP) is 1.41. The molecule has 0 bridgehead atoms. The molecule has 0 spiro atoms. The fourth-order valence-corrected chi connectivity index (χ4v) is 2.05. The van der Waals surface area contributed by atoms with E-state index in [1.54, 1.807) is 0 Å². The van der Waals surface area contributed by atoms with Gasteiger partial charge in [0, 0.05) is 12.7 Å². The highest BCUT2D eigenvalue weighted by Gasteiger charge is 2.29. The van der Waals surface area contributed by atoms with E-state index in [9.17, 15) is 29.5 Å². The molecule has 1 aromatic carbocycles. The molecule has 6 nitrogen and oxygen atoms in total. The van der Waals surface area contributed by atoms with Crippen molar-refractivity contribution >= 4 is 22.6 Å². The normalized spacial score (nSPS) is 13.9. The smallest absolute Gasteiger partial charge is 0.310 e. The Kier molecular flexibility index (Phi) is 5.40. The van der Waals surface area contributed by atoms with Gasteiger partial charge in [0.05, 0.1) is 16.6 Å². The third-order valence-corrected chi connectivity index (χ3v) is 3.26. The Morgan fingerprint density at radius 2 is 2.16 bits per heavy atom. The standard InChI is InChI=1S/C11H12FNO5S/c1-6(14)19-5-9(15)11(16)7-3-2-4-8(12)10(7)13(17)18/h2-4,9,11,15-16H,5H2,1H3. The molecule has 0 fully saturated rings. The van der Waals surface area contributed by atoms with Crippen molar-refractivity contribution in [3.63, 3.8) is 0 Å². The summed E-state index contributed by atoms with van der Waals surface area (Å²) in [5.41, 5.74) is -1.19. The molecule has 8 heteroatoms. The van der Waals surface area contributed by atoms with Crippen LogP contribution < -0.4 is 0 Å². The molecule has 0 heterocycles. The summed E-state index contributed by atoms with van der Waals surface area (Å²) in [7, 11) is 0. The van der Waals surface area contributed by atoms with Gasteiger partial charge < -0.3 is 10.2 Å². The summed E-state index contributed by atoms with van der Waals surface area (Å²) in [6.07, 6.45) is -3.04. The van der Waals surface area contributed by atoms with E-state index in [1.165, 1.54) is 13.0 Å². The first-order valence-electron chi connectivity index (χ1n) is 5.27. The van der Waals surface area contributed by atoms with Crippen molar-refractivity contribution < 1.29 is 24.3 Å². The Labute approximate surface area is 112 Å². The largest absolute Gasteiger partial charge is 0.389 e. The first-order valence-corrected chi connectivity index (χ1v) is 6.25. The third kappa shape index (κ3) is 3.98. The number of aliphatic hydroxyl groups excluding tert-OH is 2. The van der Waals surface area contributed by atoms with Crippen LogP contribution in [0.25, 0.3) is 0 Å². The number of rotatable bonds is 5. The second kappa shape index (κ2) is 6.60. The van der Waals surface area contributed by atoms with Crippen molar-refractivity contribution in [2.45, 2.75) is 19.1 Å². The fraction of sp³-hybridized carbons (Fsp3) is 0.364. The highest BCUT2D eigenvalue weighted by Crippen LogP contribution is 2.30. The van der Waals surface area contributed by atoms with E-state index in [-0.39, 0.29) is 16.4 Å². The lowest BCUT2D eigenvalue weighted by atomic mass is 10.0. The van der Waals surface area contributed by atoms with Crippen LogP contribution >= 0.6 is 11.8 Å². The van der Waals surface area contributed by atoms with Crippen molar-refractivity contribution in [3.8, 4) is 0 Å². The molecule has 0 saturated carbocycles. The molecule has 0 aliphatic carbocycles. The van der Waals surface area contributed by atoms with Gasteiger partial charge in [0.15, 0.2) is 5.12 Å². The SMILES string of the molecule is CC(=O)SCC(O)C(O)c1cccc(F)c1[N+](=O)[O-]. The van der Waals surface area contributed by atoms with Crippen LogP contribution in [0.15, 0.2) is 18.2 Å². The van der Waals surface area contributed by atoms with Crippen molar-refractivity contribution in [2.24, 2.45) is 0 Å². The van der Waals surface area contributed by atoms with Crippen LogP contribution in [0.1, 0.15) is 18.6 Å². The number of nitro benzene ring substituents is 1. The molecule has 0 aliphatic heterocycles. The molecule has 2 unspecified atom stereocenters. The van der Waals surface area contributed by atoms with Gasteiger partial charge >= 0.3 is 5.69 Å². The molecule has 0 amide bonds. The maximum Gasteiger partial charge on any atom is 0.310 e. The van der Waals surface area contributed by atoms with Gasteiger partial charge in [0.1, 0.15) is 6.10 Å². The van der Waals surface area contributed by atoms with Crippen molar-refractivity contribution in [3.05, 3.63) is 39.7 Å². The molecular formula is C11H12FNO5S. The second-order valence-electron chi connectivity index (χ2n) is 3.75. The van der Waals surface area contributed by atoms with Gasteiger partial charge in [-0.25, -0.2) is 0 Å². The van der Waals surface area contributed by atoms with E-state index in [0.717, 1.165) is 23.9 Å². The number of aliphatic hydroxyl groups is 2. The molecular weight excluding hydrogens is 277 g/mol. The lowest BCUT2D eigenvalue weighted by Crippen LogP contribution is -2.22. The van der Waals surface area contributed by atoms with Gasteiger partial charge in [-0.2, -0.15) is 4.39 Å². The van der Waals surface area contributed by atoms with Gasteiger partial charge in [0.2, 0.25) is 5.82 Å². The molecule has 1 aromatic rings. The molecule has 0 radical (unpaired) electrons. The van der Waals surface area contributed by atoms with Crippen LogP contribution in [-0.2, 0) is 4.79 Å². The zero-order chi connectivity index (χ0) is 14.6. The van der Waals surface area contributed by atoms with Gasteiger partial charge in [-0.15, -0.1) is 0 Å². The number of nitrogens with zero attached hydrogens (tertiary/aromatic N) is 1. The fourth-order valence-electron chi connectivity index (χ4n) is 1.46. The third-order valence-electron chi connectivity index (χ3n) is 2.34. The van der Waals surface area contributed by atoms with Crippen LogP contribution in [-0.4, -0.2) is 32.1 Å². The minimum absolute atomic E-state index is 0.135. The Balaban J connectivity index is 2.99. The van der Waals surface area contributed by atoms with Crippen LogP contribution in [0, 0.1) is 15.9 Å². The molecule has 2 atom stereocenters. The van der Waals surface area contributed by atoms with Crippen molar-refractivity contribution in [1.82, 2.24) is 0 Å². The van der Waals surface area contributed by atoms with Crippen molar-refractivity contribution in [2.75, 3.05) is 5.75 Å². The highest BCUT2D eigenvalue weighted by atomic mass is 32.2. The van der Waals surface area contributed by atoms with E-state index >= 15 is 0 Å². The summed E-state index contributed by atoms with van der Waals surface area (Å²) in [6, 6.07) is 3.25. The minimum Gasteiger partial charge on any atom is -0.389 e. The Bertz CT molecular complexity index is 496. The first kappa shape index (κ1) is 15.5. The number of thioether (sulfide) groups is 1. The number of carbonyl (C=O) groups is 1. The summed E-state index contributed by atoms with van der Waals surface area (Å²) >= 11 is 0.768. The summed E-state index contributed by atoms with van der Waals surface area (Å²) in [4.78, 5) is 20.5. The lowest BCUT2D eigenvalue weighted by molar-refractivity contribution is -0.389. The lowest BCUT2D eigenvalue weighted by Gasteiger charge is -2.17.